The molecule has 0 unspecified atom stereocenters. The number of ether oxygens (including phenoxy) is 2. The fourth-order valence-electron chi connectivity index (χ4n) is 10.1. The number of anilines is 1. The van der Waals surface area contributed by atoms with E-state index >= 15 is 8.78 Å². The topological polar surface area (TPSA) is 83.8 Å². The van der Waals surface area contributed by atoms with Crippen molar-refractivity contribution in [1.82, 2.24) is 19.9 Å². The van der Waals surface area contributed by atoms with E-state index in [1.165, 1.54) is 6.07 Å². The third kappa shape index (κ3) is 6.29. The molecule has 5 heterocycles. The maximum Gasteiger partial charge on any atom is 0.319 e. The molecule has 2 aromatic heterocycles. The van der Waals surface area contributed by atoms with Crippen LogP contribution in [-0.2, 0) is 4.74 Å². The summed E-state index contributed by atoms with van der Waals surface area (Å²) in [4.78, 5) is 18.7. The summed E-state index contributed by atoms with van der Waals surface area (Å²) in [5.41, 5.74) is 6.93. The molecule has 1 saturated carbocycles. The maximum atomic E-state index is 16.2. The highest BCUT2D eigenvalue weighted by Crippen LogP contribution is 2.47. The summed E-state index contributed by atoms with van der Waals surface area (Å²) in [6, 6.07) is 5.60. The van der Waals surface area contributed by atoms with E-state index in [9.17, 15) is 7.85 Å². The predicted octanol–water partition coefficient (Wildman–Crippen LogP) is 8.91. The highest BCUT2D eigenvalue weighted by Gasteiger charge is 2.56. The van der Waals surface area contributed by atoms with Crippen LogP contribution in [0.5, 0.6) is 11.8 Å². The first-order valence-corrected chi connectivity index (χ1v) is 22.0. The van der Waals surface area contributed by atoms with Crippen molar-refractivity contribution in [3.63, 3.8) is 0 Å². The first kappa shape index (κ1) is 35.3. The lowest BCUT2D eigenvalue weighted by Gasteiger charge is -2.38. The molecule has 3 saturated heterocycles. The molecule has 3 aliphatic heterocycles. The van der Waals surface area contributed by atoms with Crippen LogP contribution in [0.4, 0.5) is 14.6 Å². The third-order valence-corrected chi connectivity index (χ3v) is 19.2. The molecule has 8 rings (SSSR count). The molecule has 0 bridgehead atoms. The van der Waals surface area contributed by atoms with Gasteiger partial charge < -0.3 is 19.5 Å². The zero-order valence-corrected chi connectivity index (χ0v) is 34.0. The molecule has 1 aliphatic carbocycles. The van der Waals surface area contributed by atoms with Gasteiger partial charge in [0.05, 0.1) is 49.7 Å². The van der Waals surface area contributed by atoms with Gasteiger partial charge in [-0.2, -0.15) is 9.97 Å². The molecule has 11 heteroatoms. The molecule has 4 aromatic rings. The Bertz CT molecular complexity index is 2330. The Hall–Kier alpha value is -4.11. The van der Waals surface area contributed by atoms with Gasteiger partial charge >= 0.3 is 6.01 Å². The van der Waals surface area contributed by atoms with E-state index in [0.29, 0.717) is 100 Å². The zero-order chi connectivity index (χ0) is 40.8. The largest absolute Gasteiger partial charge is 0.508 e. The summed E-state index contributed by atoms with van der Waals surface area (Å²) >= 11 is 0. The second-order valence-corrected chi connectivity index (χ2v) is 22.6. The lowest BCUT2D eigenvalue weighted by Crippen LogP contribution is -2.43. The number of aromatic hydroxyl groups is 1. The summed E-state index contributed by atoms with van der Waals surface area (Å²) < 4.78 is 62.2. The zero-order valence-electron chi connectivity index (χ0n) is 35.0. The smallest absolute Gasteiger partial charge is 0.319 e. The number of aromatic nitrogens is 3. The van der Waals surface area contributed by atoms with Crippen LogP contribution in [0, 0.1) is 30.1 Å². The molecule has 4 fully saturated rings. The van der Waals surface area contributed by atoms with Gasteiger partial charge in [-0.15, -0.1) is 5.54 Å². The molecule has 55 heavy (non-hydrogen) atoms. The quantitative estimate of drug-likeness (QED) is 0.108. The monoisotopic (exact) mass is 767 g/mol. The second-order valence-electron chi connectivity index (χ2n) is 17.0. The molecule has 4 aliphatic rings. The van der Waals surface area contributed by atoms with E-state index < -0.39 is 38.2 Å². The minimum atomic E-state index is -2.26. The van der Waals surface area contributed by atoms with E-state index in [1.807, 2.05) is 11.8 Å². The molecular weight excluding hydrogens is 713 g/mol. The van der Waals surface area contributed by atoms with Crippen LogP contribution < -0.4 is 9.64 Å². The molecule has 0 spiro atoms. The SMILES string of the molecule is [2H]C([2H])(Oc1nc(N2CCOC[C@H]3[C@H](F)[C@H]32)c2cnc(-c3cc(O)cc4ccc(F)c(C#C[Si](C(C)C)(C(C)C)C(C)C)c34)c(C)c2n1)[C@@]12CCCN1CC(=C)C2. The van der Waals surface area contributed by atoms with Crippen molar-refractivity contribution in [1.29, 1.82) is 0 Å². The Kier molecular flexibility index (Phi) is 9.07. The fraction of sp³-hybridized carbons (Fsp3) is 0.523. The molecule has 0 amide bonds. The van der Waals surface area contributed by atoms with Crippen molar-refractivity contribution in [3.05, 3.63) is 59.6 Å². The number of nitrogens with zero attached hydrogens (tertiary/aromatic N) is 5. The normalized spacial score (nSPS) is 24.9. The Balaban J connectivity index is 1.33. The Morgan fingerprint density at radius 3 is 2.65 bits per heavy atom. The van der Waals surface area contributed by atoms with E-state index in [0.717, 1.165) is 18.5 Å². The first-order chi connectivity index (χ1) is 27.0. The Labute approximate surface area is 327 Å². The Morgan fingerprint density at radius 1 is 1.15 bits per heavy atom. The summed E-state index contributed by atoms with van der Waals surface area (Å²) in [6.07, 6.45) is 2.43. The van der Waals surface area contributed by atoms with Crippen LogP contribution in [0.1, 0.15) is 74.7 Å². The molecule has 4 atom stereocenters. The number of alkyl halides is 1. The Morgan fingerprint density at radius 2 is 1.91 bits per heavy atom. The number of pyridine rings is 1. The standard InChI is InChI=1S/C44H53F2N5O3Si/c1-25(2)55(26(3)4,27(5)6)17-12-32-36(45)11-10-30-18-31(52)19-33(37(30)32)39-29(8)40-34(21-47-39)42(51-15-16-53-23-35-38(46)41(35)51)49-43(48-40)54-24-44-13-9-14-50(44)22-28(7)20-44/h10-11,18-19,21,25-27,35,38,41,52H,7,9,13-16,20,22-24H2,1-6,8H3/t35-,38-,41-,44-/m0/s1/i24D2. The van der Waals surface area contributed by atoms with Crippen LogP contribution in [0.15, 0.2) is 42.6 Å². The number of rotatable bonds is 8. The highest BCUT2D eigenvalue weighted by molar-refractivity contribution is 6.90. The molecule has 1 N–H and O–H groups in total. The van der Waals surface area contributed by atoms with Crippen molar-refractivity contribution >= 4 is 35.6 Å². The number of phenolic OH excluding ortho intramolecular Hbond substituents is 1. The van der Waals surface area contributed by atoms with Crippen LogP contribution in [0.3, 0.4) is 0 Å². The van der Waals surface area contributed by atoms with Gasteiger partial charge in [0.2, 0.25) is 0 Å². The van der Waals surface area contributed by atoms with Gasteiger partial charge in [0.25, 0.3) is 0 Å². The highest BCUT2D eigenvalue weighted by atomic mass is 28.3. The average Bonchev–Trinajstić information content (AvgIpc) is 3.50. The van der Waals surface area contributed by atoms with Crippen LogP contribution in [0.2, 0.25) is 16.6 Å². The van der Waals surface area contributed by atoms with Crippen molar-refractivity contribution in [2.45, 2.75) is 102 Å². The molecule has 290 valence electrons. The van der Waals surface area contributed by atoms with Gasteiger partial charge in [-0.05, 0) is 72.9 Å². The minimum Gasteiger partial charge on any atom is -0.508 e. The van der Waals surface area contributed by atoms with Gasteiger partial charge in [0.1, 0.15) is 38.2 Å². The van der Waals surface area contributed by atoms with E-state index in [1.54, 1.807) is 24.4 Å². The lowest BCUT2D eigenvalue weighted by atomic mass is 9.94. The molecule has 8 nitrogen and oxygen atoms in total. The number of aryl methyl sites for hydroxylation is 1. The van der Waals surface area contributed by atoms with E-state index in [-0.39, 0.29) is 23.2 Å². The number of benzene rings is 2. The number of fused-ring (bicyclic) bond motifs is 4. The van der Waals surface area contributed by atoms with E-state index in [2.05, 4.69) is 64.5 Å². The first-order valence-electron chi connectivity index (χ1n) is 20.8. The maximum absolute atomic E-state index is 16.2. The van der Waals surface area contributed by atoms with Crippen molar-refractivity contribution in [3.8, 4) is 34.5 Å². The summed E-state index contributed by atoms with van der Waals surface area (Å²) in [5.74, 6) is 2.96. The average molecular weight is 768 g/mol. The van der Waals surface area contributed by atoms with Crippen LogP contribution >= 0.6 is 0 Å². The van der Waals surface area contributed by atoms with E-state index in [4.69, 9.17) is 24.4 Å². The van der Waals surface area contributed by atoms with Gasteiger partial charge in [0.15, 0.2) is 0 Å². The van der Waals surface area contributed by atoms with Crippen LogP contribution in [-0.4, -0.2) is 90.2 Å². The van der Waals surface area contributed by atoms with Crippen molar-refractivity contribution in [2.24, 2.45) is 5.92 Å². The second kappa shape index (κ2) is 14.1. The predicted molar refractivity (Wildman–Crippen MR) is 218 cm³/mol. The third-order valence-electron chi connectivity index (χ3n) is 12.9. The van der Waals surface area contributed by atoms with Crippen molar-refractivity contribution < 1.29 is 26.1 Å². The van der Waals surface area contributed by atoms with Crippen LogP contribution in [0.25, 0.3) is 32.9 Å². The van der Waals surface area contributed by atoms with Crippen molar-refractivity contribution in [2.75, 3.05) is 44.3 Å². The molecule has 2 aromatic carbocycles. The number of hydrogen-bond donors (Lipinski definition) is 1. The summed E-state index contributed by atoms with van der Waals surface area (Å²) in [6.45, 7) is 19.5. The molecular formula is C44H53F2N5O3Si. The van der Waals surface area contributed by atoms with Gasteiger partial charge in [-0.25, -0.2) is 8.78 Å². The number of hydrogen-bond acceptors (Lipinski definition) is 8. The van der Waals surface area contributed by atoms with Gasteiger partial charge in [0, 0.05) is 41.7 Å². The lowest BCUT2D eigenvalue weighted by molar-refractivity contribution is 0.108. The van der Waals surface area contributed by atoms with Gasteiger partial charge in [-0.3, -0.25) is 9.88 Å². The summed E-state index contributed by atoms with van der Waals surface area (Å²) in [7, 11) is -2.26. The minimum absolute atomic E-state index is 0.0166. The number of phenols is 1. The molecule has 0 radical (unpaired) electrons. The summed E-state index contributed by atoms with van der Waals surface area (Å²) in [5, 5.41) is 12.8. The fourth-order valence-corrected chi connectivity index (χ4v) is 15.3. The van der Waals surface area contributed by atoms with Gasteiger partial charge in [-0.1, -0.05) is 65.7 Å². The number of halogens is 2.